The summed E-state index contributed by atoms with van der Waals surface area (Å²) in [6.45, 7) is 14.9. The summed E-state index contributed by atoms with van der Waals surface area (Å²) in [5, 5.41) is 6.77. The summed E-state index contributed by atoms with van der Waals surface area (Å²) in [6, 6.07) is 0.450. The Labute approximate surface area is 116 Å². The van der Waals surface area contributed by atoms with Crippen LogP contribution in [-0.4, -0.2) is 18.5 Å². The lowest BCUT2D eigenvalue weighted by Gasteiger charge is -2.19. The van der Waals surface area contributed by atoms with Gasteiger partial charge in [0.05, 0.1) is 6.54 Å². The van der Waals surface area contributed by atoms with Crippen LogP contribution < -0.4 is 10.6 Å². The molecule has 1 atom stereocenters. The van der Waals surface area contributed by atoms with Gasteiger partial charge in [0.15, 0.2) is 5.96 Å². The predicted molar refractivity (Wildman–Crippen MR) is 81.9 cm³/mol. The summed E-state index contributed by atoms with van der Waals surface area (Å²) in [5.74, 6) is 0.933. The number of benzene rings is 1. The fraction of sp³-hybridized carbons (Fsp3) is 0.562. The monoisotopic (exact) mass is 259 g/mol. The van der Waals surface area contributed by atoms with Crippen molar-refractivity contribution in [2.24, 2.45) is 4.99 Å². The van der Waals surface area contributed by atoms with Gasteiger partial charge < -0.3 is 10.6 Å². The third kappa shape index (κ3) is 2.60. The number of aliphatic imine (C=N–C) groups is 1. The highest BCUT2D eigenvalue weighted by molar-refractivity contribution is 5.81. The molecular formula is C16H25N3. The van der Waals surface area contributed by atoms with E-state index in [4.69, 9.17) is 0 Å². The van der Waals surface area contributed by atoms with Crippen LogP contribution in [0.5, 0.6) is 0 Å². The average molecular weight is 259 g/mol. The molecule has 0 aliphatic carbocycles. The first-order chi connectivity index (χ1) is 8.91. The number of hydrogen-bond acceptors (Lipinski definition) is 3. The van der Waals surface area contributed by atoms with Crippen molar-refractivity contribution < 1.29 is 0 Å². The Morgan fingerprint density at radius 2 is 1.53 bits per heavy atom. The minimum Gasteiger partial charge on any atom is -0.352 e. The summed E-state index contributed by atoms with van der Waals surface area (Å²) in [5.41, 5.74) is 8.46. The van der Waals surface area contributed by atoms with Gasteiger partial charge in [-0.1, -0.05) is 0 Å². The molecule has 0 fully saturated rings. The van der Waals surface area contributed by atoms with Crippen LogP contribution in [0.2, 0.25) is 0 Å². The van der Waals surface area contributed by atoms with Gasteiger partial charge in [-0.2, -0.15) is 0 Å². The van der Waals surface area contributed by atoms with Gasteiger partial charge in [0.2, 0.25) is 0 Å². The molecule has 3 heteroatoms. The second-order valence-electron chi connectivity index (χ2n) is 5.69. The molecule has 2 rings (SSSR count). The lowest BCUT2D eigenvalue weighted by molar-refractivity contribution is 0.712. The quantitative estimate of drug-likeness (QED) is 0.856. The number of guanidine groups is 1. The largest absolute Gasteiger partial charge is 0.352 e. The predicted octanol–water partition coefficient (Wildman–Crippen LogP) is 2.67. The molecule has 3 nitrogen and oxygen atoms in total. The van der Waals surface area contributed by atoms with Crippen LogP contribution in [0.4, 0.5) is 0 Å². The number of hydrogen-bond donors (Lipinski definition) is 2. The van der Waals surface area contributed by atoms with E-state index >= 15 is 0 Å². The van der Waals surface area contributed by atoms with Crippen LogP contribution in [0.3, 0.4) is 0 Å². The van der Waals surface area contributed by atoms with Crippen molar-refractivity contribution in [2.75, 3.05) is 6.54 Å². The number of rotatable bonds is 2. The number of nitrogens with zero attached hydrogens (tertiary/aromatic N) is 1. The first kappa shape index (κ1) is 13.9. The lowest BCUT2D eigenvalue weighted by atomic mass is 9.89. The van der Waals surface area contributed by atoms with Crippen LogP contribution in [-0.2, 0) is 6.54 Å². The van der Waals surface area contributed by atoms with Crippen molar-refractivity contribution in [1.29, 1.82) is 0 Å². The minimum absolute atomic E-state index is 0.450. The van der Waals surface area contributed by atoms with E-state index in [0.717, 1.165) is 19.0 Å². The van der Waals surface area contributed by atoms with Crippen LogP contribution in [0.25, 0.3) is 0 Å². The molecule has 2 N–H and O–H groups in total. The van der Waals surface area contributed by atoms with Gasteiger partial charge in [0.1, 0.15) is 0 Å². The zero-order valence-corrected chi connectivity index (χ0v) is 12.9. The average Bonchev–Trinajstić information content (AvgIpc) is 2.80. The maximum absolute atomic E-state index is 4.45. The summed E-state index contributed by atoms with van der Waals surface area (Å²) in [7, 11) is 0. The minimum atomic E-state index is 0.450. The Balaban J connectivity index is 2.21. The van der Waals surface area contributed by atoms with E-state index in [1.165, 1.54) is 33.4 Å². The van der Waals surface area contributed by atoms with E-state index in [1.807, 2.05) is 0 Å². The smallest absolute Gasteiger partial charge is 0.191 e. The fourth-order valence-electron chi connectivity index (χ4n) is 2.67. The SMILES string of the molecule is Cc1c(C)c(C)c(CNC2=NCC(C)N2)c(C)c1C. The van der Waals surface area contributed by atoms with Gasteiger partial charge in [-0.15, -0.1) is 0 Å². The summed E-state index contributed by atoms with van der Waals surface area (Å²) < 4.78 is 0. The summed E-state index contributed by atoms with van der Waals surface area (Å²) >= 11 is 0. The standard InChI is InChI=1S/C16H25N3/c1-9-7-17-16(19-9)18-8-15-13(5)11(3)10(2)12(4)14(15)6/h9H,7-8H2,1-6H3,(H2,17,18,19). The molecule has 1 aliphatic rings. The molecule has 0 saturated heterocycles. The molecule has 1 aromatic rings. The lowest BCUT2D eigenvalue weighted by Crippen LogP contribution is -2.37. The van der Waals surface area contributed by atoms with Gasteiger partial charge in [-0.25, -0.2) is 0 Å². The van der Waals surface area contributed by atoms with Gasteiger partial charge in [-0.3, -0.25) is 4.99 Å². The molecule has 104 valence electrons. The molecule has 1 heterocycles. The molecule has 0 spiro atoms. The van der Waals surface area contributed by atoms with Crippen molar-refractivity contribution in [1.82, 2.24) is 10.6 Å². The highest BCUT2D eigenvalue weighted by Crippen LogP contribution is 2.25. The molecule has 0 amide bonds. The Kier molecular flexibility index (Phi) is 3.83. The van der Waals surface area contributed by atoms with Crippen molar-refractivity contribution in [2.45, 2.75) is 54.1 Å². The Bertz CT molecular complexity index is 500. The second-order valence-corrected chi connectivity index (χ2v) is 5.69. The van der Waals surface area contributed by atoms with E-state index < -0.39 is 0 Å². The summed E-state index contributed by atoms with van der Waals surface area (Å²) in [6.07, 6.45) is 0. The first-order valence-corrected chi connectivity index (χ1v) is 7.02. The van der Waals surface area contributed by atoms with Gasteiger partial charge in [0.25, 0.3) is 0 Å². The highest BCUT2D eigenvalue weighted by atomic mass is 15.2. The van der Waals surface area contributed by atoms with Gasteiger partial charge >= 0.3 is 0 Å². The molecule has 0 saturated carbocycles. The second kappa shape index (κ2) is 5.24. The maximum atomic E-state index is 4.45. The molecule has 0 bridgehead atoms. The third-order valence-electron chi connectivity index (χ3n) is 4.49. The van der Waals surface area contributed by atoms with Crippen molar-refractivity contribution in [3.63, 3.8) is 0 Å². The number of nitrogens with one attached hydrogen (secondary N) is 2. The molecule has 1 unspecified atom stereocenters. The fourth-order valence-corrected chi connectivity index (χ4v) is 2.67. The molecule has 1 aromatic carbocycles. The Morgan fingerprint density at radius 3 is 2.00 bits per heavy atom. The topological polar surface area (TPSA) is 36.4 Å². The van der Waals surface area contributed by atoms with Gasteiger partial charge in [-0.05, 0) is 74.9 Å². The Hall–Kier alpha value is -1.51. The highest BCUT2D eigenvalue weighted by Gasteiger charge is 2.15. The summed E-state index contributed by atoms with van der Waals surface area (Å²) in [4.78, 5) is 4.45. The van der Waals surface area contributed by atoms with Crippen LogP contribution in [0, 0.1) is 34.6 Å². The molecule has 19 heavy (non-hydrogen) atoms. The van der Waals surface area contributed by atoms with E-state index in [9.17, 15) is 0 Å². The molecule has 0 radical (unpaired) electrons. The van der Waals surface area contributed by atoms with Crippen molar-refractivity contribution in [3.05, 3.63) is 33.4 Å². The zero-order chi connectivity index (χ0) is 14.2. The van der Waals surface area contributed by atoms with E-state index in [0.29, 0.717) is 6.04 Å². The van der Waals surface area contributed by atoms with Crippen molar-refractivity contribution >= 4 is 5.96 Å². The van der Waals surface area contributed by atoms with E-state index in [1.54, 1.807) is 0 Å². The first-order valence-electron chi connectivity index (χ1n) is 7.02. The molecular weight excluding hydrogens is 234 g/mol. The van der Waals surface area contributed by atoms with E-state index in [-0.39, 0.29) is 0 Å². The van der Waals surface area contributed by atoms with Crippen LogP contribution in [0.15, 0.2) is 4.99 Å². The zero-order valence-electron chi connectivity index (χ0n) is 12.9. The van der Waals surface area contributed by atoms with Gasteiger partial charge in [0, 0.05) is 12.6 Å². The Morgan fingerprint density at radius 1 is 1.00 bits per heavy atom. The third-order valence-corrected chi connectivity index (χ3v) is 4.49. The normalized spacial score (nSPS) is 18.2. The van der Waals surface area contributed by atoms with E-state index in [2.05, 4.69) is 57.2 Å². The van der Waals surface area contributed by atoms with Crippen molar-refractivity contribution in [3.8, 4) is 0 Å². The van der Waals surface area contributed by atoms with Crippen LogP contribution in [0.1, 0.15) is 40.3 Å². The maximum Gasteiger partial charge on any atom is 0.191 e. The molecule has 0 aromatic heterocycles. The molecule has 1 aliphatic heterocycles. The van der Waals surface area contributed by atoms with Crippen LogP contribution >= 0.6 is 0 Å².